The highest BCUT2D eigenvalue weighted by Crippen LogP contribution is 2.17. The Morgan fingerprint density at radius 1 is 1.00 bits per heavy atom. The first-order valence-corrected chi connectivity index (χ1v) is 14.9. The molecule has 2 heterocycles. The minimum Gasteiger partial charge on any atom is -0.378 e. The van der Waals surface area contributed by atoms with Crippen molar-refractivity contribution in [2.45, 2.75) is 51.2 Å². The number of carbonyl (C=O) groups is 6. The summed E-state index contributed by atoms with van der Waals surface area (Å²) in [5.74, 6) is -3.04. The van der Waals surface area contributed by atoms with Crippen LogP contribution in [0.5, 0.6) is 0 Å². The van der Waals surface area contributed by atoms with Gasteiger partial charge in [-0.15, -0.1) is 0 Å². The van der Waals surface area contributed by atoms with Crippen LogP contribution in [0.3, 0.4) is 0 Å². The maximum absolute atomic E-state index is 13.1. The van der Waals surface area contributed by atoms with Crippen LogP contribution in [0.25, 0.3) is 0 Å². The molecule has 0 aromatic heterocycles. The molecule has 14 nitrogen and oxygen atoms in total. The Hall–Kier alpha value is -4.30. The molecule has 0 saturated carbocycles. The van der Waals surface area contributed by atoms with Crippen LogP contribution in [-0.2, 0) is 46.5 Å². The van der Waals surface area contributed by atoms with E-state index in [1.807, 2.05) is 0 Å². The quantitative estimate of drug-likeness (QED) is 0.203. The lowest BCUT2D eigenvalue weighted by Gasteiger charge is -2.32. The third-order valence-corrected chi connectivity index (χ3v) is 7.35. The van der Waals surface area contributed by atoms with E-state index < -0.39 is 47.5 Å². The van der Waals surface area contributed by atoms with E-state index in [9.17, 15) is 28.8 Å². The summed E-state index contributed by atoms with van der Waals surface area (Å²) < 4.78 is 5.28. The number of piperidine rings is 1. The molecule has 0 unspecified atom stereocenters. The van der Waals surface area contributed by atoms with Crippen molar-refractivity contribution >= 4 is 35.4 Å². The van der Waals surface area contributed by atoms with Gasteiger partial charge in [-0.25, -0.2) is 0 Å². The summed E-state index contributed by atoms with van der Waals surface area (Å²) in [6.07, 6.45) is 3.45. The summed E-state index contributed by atoms with van der Waals surface area (Å²) in [6, 6.07) is 5.32. The highest BCUT2D eigenvalue weighted by Gasteiger charge is 2.29. The number of ether oxygens (including phenoxy) is 1. The van der Waals surface area contributed by atoms with Gasteiger partial charge in [0.2, 0.25) is 35.4 Å². The lowest BCUT2D eigenvalue weighted by atomic mass is 9.96. The van der Waals surface area contributed by atoms with Crippen molar-refractivity contribution < 1.29 is 33.5 Å². The molecule has 240 valence electrons. The average molecular weight is 614 g/mol. The lowest BCUT2D eigenvalue weighted by molar-refractivity contribution is -0.135. The van der Waals surface area contributed by atoms with E-state index >= 15 is 0 Å². The van der Waals surface area contributed by atoms with E-state index in [1.54, 1.807) is 31.2 Å². The number of hydrogen-bond donors (Lipinski definition) is 6. The number of nitrogens with one attached hydrogen (secondary N) is 5. The molecule has 1 aromatic rings. The zero-order valence-corrected chi connectivity index (χ0v) is 25.1. The number of amides is 6. The molecular weight excluding hydrogens is 570 g/mol. The fourth-order valence-corrected chi connectivity index (χ4v) is 4.92. The molecule has 2 aliphatic heterocycles. The highest BCUT2D eigenvalue weighted by atomic mass is 16.5. The second-order valence-electron chi connectivity index (χ2n) is 10.7. The Bertz CT molecular complexity index is 1220. The van der Waals surface area contributed by atoms with Crippen molar-refractivity contribution in [2.24, 2.45) is 11.7 Å². The number of carbonyl (C=O) groups excluding carboxylic acids is 6. The summed E-state index contributed by atoms with van der Waals surface area (Å²) in [7, 11) is 0. The average Bonchev–Trinajstić information content (AvgIpc) is 3.01. The van der Waals surface area contributed by atoms with Crippen LogP contribution in [-0.4, -0.2) is 98.4 Å². The predicted octanol–water partition coefficient (Wildman–Crippen LogP) is -1.76. The first kappa shape index (κ1) is 34.2. The van der Waals surface area contributed by atoms with Gasteiger partial charge >= 0.3 is 0 Å². The standard InChI is InChI=1S/C30H43N7O7/c1-20-28(41)34-18-22-6-3-2-5-21(22)17-26(39)36-24(30(43)33-13-16-44-15-11-31)10-12-32-25(38)8-9-27(40)37-14-4-7-23(19-37)29(42)35-20/h2-3,5-6,8-9,20,23-24H,4,7,10-19,31H2,1H3,(H,32,38)(H,33,43)(H,34,41)(H,35,42)(H,36,39)/b9-8+/t20-,23+,24-/m0/s1. The maximum Gasteiger partial charge on any atom is 0.246 e. The number of nitrogens with zero attached hydrogens (tertiary/aromatic N) is 1. The van der Waals surface area contributed by atoms with Crippen molar-refractivity contribution in [3.05, 3.63) is 47.5 Å². The second-order valence-corrected chi connectivity index (χ2v) is 10.7. The van der Waals surface area contributed by atoms with Gasteiger partial charge in [-0.2, -0.15) is 0 Å². The maximum atomic E-state index is 13.1. The third kappa shape index (κ3) is 11.1. The summed E-state index contributed by atoms with van der Waals surface area (Å²) in [5, 5.41) is 13.6. The van der Waals surface area contributed by atoms with E-state index in [4.69, 9.17) is 10.5 Å². The Labute approximate surface area is 256 Å². The van der Waals surface area contributed by atoms with Gasteiger partial charge in [0.05, 0.1) is 25.6 Å². The summed E-state index contributed by atoms with van der Waals surface area (Å²) >= 11 is 0. The molecule has 6 amide bonds. The van der Waals surface area contributed by atoms with Gasteiger partial charge in [0, 0.05) is 51.4 Å². The normalized spacial score (nSPS) is 23.5. The van der Waals surface area contributed by atoms with Crippen LogP contribution in [0.1, 0.15) is 37.3 Å². The Morgan fingerprint density at radius 2 is 1.77 bits per heavy atom. The summed E-state index contributed by atoms with van der Waals surface area (Å²) in [5.41, 5.74) is 6.77. The fourth-order valence-electron chi connectivity index (χ4n) is 4.92. The number of hydrogen-bond acceptors (Lipinski definition) is 8. The second kappa shape index (κ2) is 17.7. The van der Waals surface area contributed by atoms with E-state index in [0.29, 0.717) is 43.7 Å². The molecule has 0 aliphatic carbocycles. The van der Waals surface area contributed by atoms with Gasteiger partial charge in [-0.1, -0.05) is 24.3 Å². The predicted molar refractivity (Wildman–Crippen MR) is 160 cm³/mol. The van der Waals surface area contributed by atoms with Crippen molar-refractivity contribution in [2.75, 3.05) is 45.9 Å². The number of benzene rings is 1. The van der Waals surface area contributed by atoms with Crippen LogP contribution in [0.2, 0.25) is 0 Å². The molecule has 1 saturated heterocycles. The fraction of sp³-hybridized carbons (Fsp3) is 0.533. The van der Waals surface area contributed by atoms with Crippen LogP contribution >= 0.6 is 0 Å². The SMILES string of the molecule is C[C@@H]1NC(=O)[C@@H]2CCCN(C2)C(=O)/C=C/C(=O)NCC[C@@H](C(=O)NCCOCCN)NC(=O)Cc2ccccc2CNC1=O. The topological polar surface area (TPSA) is 201 Å². The number of fused-ring (bicyclic) bond motifs is 3. The van der Waals surface area contributed by atoms with Gasteiger partial charge in [-0.05, 0) is 37.3 Å². The first-order chi connectivity index (χ1) is 21.2. The van der Waals surface area contributed by atoms with Crippen molar-refractivity contribution in [1.82, 2.24) is 31.5 Å². The number of nitrogens with two attached hydrogens (primary N) is 1. The molecule has 0 spiro atoms. The van der Waals surface area contributed by atoms with Crippen molar-refractivity contribution in [3.63, 3.8) is 0 Å². The zero-order chi connectivity index (χ0) is 31.9. The Balaban J connectivity index is 1.77. The molecule has 1 aromatic carbocycles. The monoisotopic (exact) mass is 613 g/mol. The first-order valence-electron chi connectivity index (χ1n) is 14.9. The van der Waals surface area contributed by atoms with Crippen molar-refractivity contribution in [3.8, 4) is 0 Å². The van der Waals surface area contributed by atoms with Gasteiger partial charge in [0.25, 0.3) is 0 Å². The zero-order valence-electron chi connectivity index (χ0n) is 25.1. The van der Waals surface area contributed by atoms with Crippen LogP contribution in [0.4, 0.5) is 0 Å². The number of rotatable bonds is 6. The molecule has 2 bridgehead atoms. The minimum atomic E-state index is -0.956. The Morgan fingerprint density at radius 3 is 2.55 bits per heavy atom. The van der Waals surface area contributed by atoms with E-state index in [-0.39, 0.29) is 51.5 Å². The van der Waals surface area contributed by atoms with Crippen LogP contribution in [0.15, 0.2) is 36.4 Å². The van der Waals surface area contributed by atoms with E-state index in [2.05, 4.69) is 26.6 Å². The molecule has 7 N–H and O–H groups in total. The lowest BCUT2D eigenvalue weighted by Crippen LogP contribution is -2.50. The summed E-state index contributed by atoms with van der Waals surface area (Å²) in [4.78, 5) is 78.4. The van der Waals surface area contributed by atoms with Gasteiger partial charge in [0.15, 0.2) is 0 Å². The van der Waals surface area contributed by atoms with Crippen LogP contribution in [0, 0.1) is 5.92 Å². The molecular formula is C30H43N7O7. The van der Waals surface area contributed by atoms with Crippen LogP contribution < -0.4 is 32.3 Å². The van der Waals surface area contributed by atoms with Gasteiger partial charge in [-0.3, -0.25) is 28.8 Å². The molecule has 3 atom stereocenters. The molecule has 0 radical (unpaired) electrons. The molecule has 14 heteroatoms. The molecule has 3 rings (SSSR count). The van der Waals surface area contributed by atoms with E-state index in [1.165, 1.54) is 4.90 Å². The van der Waals surface area contributed by atoms with E-state index in [0.717, 1.165) is 12.2 Å². The highest BCUT2D eigenvalue weighted by molar-refractivity contribution is 5.97. The molecule has 2 aliphatic rings. The van der Waals surface area contributed by atoms with Gasteiger partial charge in [0.1, 0.15) is 12.1 Å². The third-order valence-electron chi connectivity index (χ3n) is 7.35. The van der Waals surface area contributed by atoms with Crippen molar-refractivity contribution in [1.29, 1.82) is 0 Å². The van der Waals surface area contributed by atoms with Gasteiger partial charge < -0.3 is 42.0 Å². The molecule has 1 fully saturated rings. The smallest absolute Gasteiger partial charge is 0.246 e. The summed E-state index contributed by atoms with van der Waals surface area (Å²) in [6.45, 7) is 3.53. The largest absolute Gasteiger partial charge is 0.378 e. The molecule has 44 heavy (non-hydrogen) atoms. The Kier molecular flexibility index (Phi) is 13.8. The minimum absolute atomic E-state index is 0.0478.